The number of hydrogen-bond donors (Lipinski definition) is 2. The Hall–Kier alpha value is -2.49. The number of aromatic nitrogens is 2. The molecule has 2 rings (SSSR count). The SMILES string of the molecule is O=C(Nc1cc(S(=O)C(F)(F)F)c[nH]c1=O)c1ccccn1. The highest BCUT2D eigenvalue weighted by Gasteiger charge is 2.38. The Morgan fingerprint density at radius 3 is 2.64 bits per heavy atom. The Morgan fingerprint density at radius 2 is 2.05 bits per heavy atom. The zero-order valence-corrected chi connectivity index (χ0v) is 11.5. The second-order valence-corrected chi connectivity index (χ2v) is 5.43. The van der Waals surface area contributed by atoms with Crippen molar-refractivity contribution in [3.63, 3.8) is 0 Å². The van der Waals surface area contributed by atoms with Crippen LogP contribution in [0, 0.1) is 0 Å². The maximum absolute atomic E-state index is 12.4. The number of halogens is 3. The fourth-order valence-electron chi connectivity index (χ4n) is 1.48. The van der Waals surface area contributed by atoms with Crippen molar-refractivity contribution in [2.45, 2.75) is 10.4 Å². The average molecular weight is 331 g/mol. The van der Waals surface area contributed by atoms with Crippen LogP contribution < -0.4 is 10.9 Å². The van der Waals surface area contributed by atoms with Crippen LogP contribution >= 0.6 is 0 Å². The molecule has 1 atom stereocenters. The zero-order valence-electron chi connectivity index (χ0n) is 10.7. The Labute approximate surface area is 123 Å². The van der Waals surface area contributed by atoms with Gasteiger partial charge in [-0.2, -0.15) is 13.2 Å². The number of pyridine rings is 2. The zero-order chi connectivity index (χ0) is 16.3. The number of carbonyl (C=O) groups excluding carboxylic acids is 1. The Kier molecular flexibility index (Phi) is 4.40. The maximum Gasteiger partial charge on any atom is 0.475 e. The van der Waals surface area contributed by atoms with Crippen LogP contribution in [0.2, 0.25) is 0 Å². The van der Waals surface area contributed by atoms with E-state index in [0.717, 1.165) is 0 Å². The fraction of sp³-hybridized carbons (Fsp3) is 0.0833. The molecule has 2 N–H and O–H groups in total. The summed E-state index contributed by atoms with van der Waals surface area (Å²) in [6.07, 6.45) is 2.02. The summed E-state index contributed by atoms with van der Waals surface area (Å²) < 4.78 is 48.4. The second-order valence-electron chi connectivity index (χ2n) is 3.96. The minimum absolute atomic E-state index is 0.0238. The van der Waals surface area contributed by atoms with E-state index in [2.05, 4.69) is 10.3 Å². The van der Waals surface area contributed by atoms with Crippen molar-refractivity contribution in [1.82, 2.24) is 9.97 Å². The molecule has 0 aliphatic heterocycles. The lowest BCUT2D eigenvalue weighted by molar-refractivity contribution is -0.0384. The van der Waals surface area contributed by atoms with E-state index >= 15 is 0 Å². The molecule has 116 valence electrons. The summed E-state index contributed by atoms with van der Waals surface area (Å²) in [5.41, 5.74) is -6.28. The molecule has 0 aromatic carbocycles. The molecular formula is C12H8F3N3O3S. The summed E-state index contributed by atoms with van der Waals surface area (Å²) in [6.45, 7) is 0. The third-order valence-corrected chi connectivity index (χ3v) is 3.53. The molecule has 2 heterocycles. The highest BCUT2D eigenvalue weighted by atomic mass is 32.2. The molecular weight excluding hydrogens is 323 g/mol. The summed E-state index contributed by atoms with van der Waals surface area (Å²) in [5.74, 6) is -0.777. The summed E-state index contributed by atoms with van der Waals surface area (Å²) in [7, 11) is -3.32. The van der Waals surface area contributed by atoms with Gasteiger partial charge in [0, 0.05) is 12.4 Å². The second kappa shape index (κ2) is 6.10. The van der Waals surface area contributed by atoms with Gasteiger partial charge in [0.15, 0.2) is 10.8 Å². The third-order valence-electron chi connectivity index (χ3n) is 2.45. The normalized spacial score (nSPS) is 12.7. The molecule has 0 aliphatic rings. The van der Waals surface area contributed by atoms with Crippen molar-refractivity contribution in [2.24, 2.45) is 0 Å². The van der Waals surface area contributed by atoms with Crippen molar-refractivity contribution in [3.05, 3.63) is 52.7 Å². The molecule has 2 aromatic rings. The molecule has 0 aliphatic carbocycles. The van der Waals surface area contributed by atoms with Gasteiger partial charge in [0.2, 0.25) is 0 Å². The minimum Gasteiger partial charge on any atom is -0.326 e. The van der Waals surface area contributed by atoms with Crippen molar-refractivity contribution >= 4 is 22.4 Å². The third kappa shape index (κ3) is 3.58. The Bertz CT molecular complexity index is 774. The van der Waals surface area contributed by atoms with Crippen LogP contribution in [0.4, 0.5) is 18.9 Å². The Balaban J connectivity index is 2.30. The molecule has 10 heteroatoms. The predicted octanol–water partition coefficient (Wildman–Crippen LogP) is 1.65. The van der Waals surface area contributed by atoms with E-state index in [-0.39, 0.29) is 5.69 Å². The van der Waals surface area contributed by atoms with E-state index in [0.29, 0.717) is 12.3 Å². The number of carbonyl (C=O) groups is 1. The summed E-state index contributed by atoms with van der Waals surface area (Å²) in [6, 6.07) is 5.17. The number of rotatable bonds is 3. The number of amides is 1. The summed E-state index contributed by atoms with van der Waals surface area (Å²) >= 11 is 0. The first-order valence-electron chi connectivity index (χ1n) is 5.73. The predicted molar refractivity (Wildman–Crippen MR) is 71.7 cm³/mol. The van der Waals surface area contributed by atoms with E-state index in [1.807, 2.05) is 4.98 Å². The van der Waals surface area contributed by atoms with Gasteiger partial charge in [-0.15, -0.1) is 0 Å². The van der Waals surface area contributed by atoms with Gasteiger partial charge in [0.05, 0.1) is 4.90 Å². The summed E-state index contributed by atoms with van der Waals surface area (Å²) in [4.78, 5) is 28.4. The summed E-state index contributed by atoms with van der Waals surface area (Å²) in [5, 5.41) is 2.13. The smallest absolute Gasteiger partial charge is 0.326 e. The van der Waals surface area contributed by atoms with E-state index in [1.54, 1.807) is 6.07 Å². The number of hydrogen-bond acceptors (Lipinski definition) is 4. The van der Waals surface area contributed by atoms with E-state index in [1.165, 1.54) is 18.3 Å². The van der Waals surface area contributed by atoms with Gasteiger partial charge in [-0.3, -0.25) is 14.6 Å². The largest absolute Gasteiger partial charge is 0.475 e. The average Bonchev–Trinajstić information content (AvgIpc) is 2.48. The van der Waals surface area contributed by atoms with Crippen LogP contribution in [-0.2, 0) is 10.8 Å². The molecule has 0 radical (unpaired) electrons. The first-order valence-corrected chi connectivity index (χ1v) is 6.88. The molecule has 0 saturated heterocycles. The highest BCUT2D eigenvalue weighted by Crippen LogP contribution is 2.26. The number of aromatic amines is 1. The molecule has 6 nitrogen and oxygen atoms in total. The number of nitrogens with zero attached hydrogens (tertiary/aromatic N) is 1. The van der Waals surface area contributed by atoms with Gasteiger partial charge in [0.25, 0.3) is 11.5 Å². The molecule has 0 spiro atoms. The fourth-order valence-corrected chi connectivity index (χ4v) is 2.14. The molecule has 0 saturated carbocycles. The van der Waals surface area contributed by atoms with Gasteiger partial charge >= 0.3 is 5.51 Å². The number of H-pyrrole nitrogens is 1. The quantitative estimate of drug-likeness (QED) is 0.894. The van der Waals surface area contributed by atoms with Gasteiger partial charge in [0.1, 0.15) is 11.4 Å². The molecule has 1 unspecified atom stereocenters. The number of alkyl halides is 3. The van der Waals surface area contributed by atoms with Gasteiger partial charge in [-0.25, -0.2) is 4.21 Å². The molecule has 22 heavy (non-hydrogen) atoms. The number of nitrogens with one attached hydrogen (secondary N) is 2. The first-order chi connectivity index (χ1) is 10.3. The number of anilines is 1. The topological polar surface area (TPSA) is 91.9 Å². The van der Waals surface area contributed by atoms with Crippen LogP contribution in [0.5, 0.6) is 0 Å². The van der Waals surface area contributed by atoms with Gasteiger partial charge in [-0.1, -0.05) is 6.07 Å². The molecule has 1 amide bonds. The lowest BCUT2D eigenvalue weighted by atomic mass is 10.3. The van der Waals surface area contributed by atoms with Crippen molar-refractivity contribution in [2.75, 3.05) is 5.32 Å². The van der Waals surface area contributed by atoms with Crippen molar-refractivity contribution in [1.29, 1.82) is 0 Å². The van der Waals surface area contributed by atoms with Crippen LogP contribution in [0.3, 0.4) is 0 Å². The monoisotopic (exact) mass is 331 g/mol. The molecule has 2 aromatic heterocycles. The van der Waals surface area contributed by atoms with E-state index in [9.17, 15) is 27.0 Å². The lowest BCUT2D eigenvalue weighted by Gasteiger charge is -2.08. The van der Waals surface area contributed by atoms with Gasteiger partial charge < -0.3 is 10.3 Å². The Morgan fingerprint density at radius 1 is 1.32 bits per heavy atom. The van der Waals surface area contributed by atoms with Crippen LogP contribution in [-0.4, -0.2) is 25.6 Å². The van der Waals surface area contributed by atoms with E-state index < -0.39 is 38.4 Å². The van der Waals surface area contributed by atoms with Crippen LogP contribution in [0.15, 0.2) is 46.3 Å². The van der Waals surface area contributed by atoms with Crippen LogP contribution in [0.1, 0.15) is 10.5 Å². The van der Waals surface area contributed by atoms with E-state index in [4.69, 9.17) is 0 Å². The highest BCUT2D eigenvalue weighted by molar-refractivity contribution is 7.86. The van der Waals surface area contributed by atoms with Crippen molar-refractivity contribution < 1.29 is 22.2 Å². The van der Waals surface area contributed by atoms with Crippen molar-refractivity contribution in [3.8, 4) is 0 Å². The van der Waals surface area contributed by atoms with Crippen LogP contribution in [0.25, 0.3) is 0 Å². The first kappa shape index (κ1) is 15.9. The standard InChI is InChI=1S/C12H8F3N3O3S/c13-12(14,15)22(21)7-5-9(10(19)17-6-7)18-11(20)8-3-1-2-4-16-8/h1-6H,(H,17,19)(H,18,20). The lowest BCUT2D eigenvalue weighted by Crippen LogP contribution is -2.22. The van der Waals surface area contributed by atoms with Gasteiger partial charge in [-0.05, 0) is 18.2 Å². The molecule has 0 fully saturated rings. The maximum atomic E-state index is 12.4. The minimum atomic E-state index is -4.97. The molecule has 0 bridgehead atoms.